The molecule has 0 bridgehead atoms. The van der Waals surface area contributed by atoms with Gasteiger partial charge >= 0.3 is 0 Å². The molecule has 0 aromatic carbocycles. The van der Waals surface area contributed by atoms with Gasteiger partial charge in [0.1, 0.15) is 0 Å². The third-order valence-electron chi connectivity index (χ3n) is 4.53. The van der Waals surface area contributed by atoms with Gasteiger partial charge in [-0.1, -0.05) is 19.8 Å². The van der Waals surface area contributed by atoms with Crippen LogP contribution in [0.15, 0.2) is 0 Å². The van der Waals surface area contributed by atoms with E-state index in [0.29, 0.717) is 0 Å². The van der Waals surface area contributed by atoms with Crippen molar-refractivity contribution < 1.29 is 9.84 Å². The van der Waals surface area contributed by atoms with Gasteiger partial charge in [-0.2, -0.15) is 0 Å². The molecule has 3 heteroatoms. The first-order chi connectivity index (χ1) is 8.29. The van der Waals surface area contributed by atoms with Crippen LogP contribution >= 0.6 is 0 Å². The van der Waals surface area contributed by atoms with Crippen molar-refractivity contribution in [2.45, 2.75) is 51.5 Å². The maximum absolute atomic E-state index is 9.72. The summed E-state index contributed by atoms with van der Waals surface area (Å²) in [5, 5.41) is 9.72. The second-order valence-corrected chi connectivity index (χ2v) is 5.82. The molecular formula is C14H27NO2. The van der Waals surface area contributed by atoms with Crippen molar-refractivity contribution in [2.24, 2.45) is 5.41 Å². The Bertz CT molecular complexity index is 220. The number of aliphatic hydroxyl groups excluding tert-OH is 1. The number of ether oxygens (including phenoxy) is 1. The van der Waals surface area contributed by atoms with Gasteiger partial charge in [0.05, 0.1) is 13.2 Å². The molecule has 0 aromatic heterocycles. The molecule has 2 rings (SSSR count). The highest BCUT2D eigenvalue weighted by molar-refractivity contribution is 4.87. The maximum atomic E-state index is 9.72. The predicted molar refractivity (Wildman–Crippen MR) is 69.1 cm³/mol. The van der Waals surface area contributed by atoms with Crippen LogP contribution in [0.25, 0.3) is 0 Å². The van der Waals surface area contributed by atoms with E-state index in [4.69, 9.17) is 4.74 Å². The first-order valence-electron chi connectivity index (χ1n) is 7.22. The summed E-state index contributed by atoms with van der Waals surface area (Å²) in [6.07, 6.45) is 7.66. The zero-order chi connectivity index (χ0) is 12.1. The number of rotatable bonds is 5. The fourth-order valence-electron chi connectivity index (χ4n) is 3.41. The molecule has 1 aliphatic heterocycles. The van der Waals surface area contributed by atoms with E-state index in [1.54, 1.807) is 0 Å². The van der Waals surface area contributed by atoms with Crippen molar-refractivity contribution in [3.63, 3.8) is 0 Å². The van der Waals surface area contributed by atoms with Crippen molar-refractivity contribution in [3.8, 4) is 0 Å². The van der Waals surface area contributed by atoms with E-state index in [9.17, 15) is 5.11 Å². The third kappa shape index (κ3) is 3.21. The second-order valence-electron chi connectivity index (χ2n) is 5.82. The molecule has 0 amide bonds. The topological polar surface area (TPSA) is 32.7 Å². The van der Waals surface area contributed by atoms with Crippen LogP contribution in [0.5, 0.6) is 0 Å². The lowest BCUT2D eigenvalue weighted by Gasteiger charge is -2.41. The standard InChI is InChI=1S/C14H27NO2/c1-2-15(13-6-3-4-7-13)10-14(11-16)8-5-9-17-12-14/h13,16H,2-12H2,1H3. The van der Waals surface area contributed by atoms with E-state index >= 15 is 0 Å². The highest BCUT2D eigenvalue weighted by Gasteiger charge is 2.36. The Kier molecular flexibility index (Phi) is 4.83. The molecule has 1 heterocycles. The number of nitrogens with zero attached hydrogens (tertiary/aromatic N) is 1. The lowest BCUT2D eigenvalue weighted by molar-refractivity contribution is -0.0599. The highest BCUT2D eigenvalue weighted by Crippen LogP contribution is 2.32. The van der Waals surface area contributed by atoms with Gasteiger partial charge in [-0.3, -0.25) is 4.90 Å². The van der Waals surface area contributed by atoms with Crippen LogP contribution in [0.4, 0.5) is 0 Å². The van der Waals surface area contributed by atoms with Gasteiger partial charge in [-0.05, 0) is 32.2 Å². The second kappa shape index (κ2) is 6.17. The van der Waals surface area contributed by atoms with Gasteiger partial charge < -0.3 is 9.84 Å². The smallest absolute Gasteiger partial charge is 0.0556 e. The Balaban J connectivity index is 1.94. The zero-order valence-corrected chi connectivity index (χ0v) is 11.2. The molecule has 17 heavy (non-hydrogen) atoms. The molecule has 1 saturated carbocycles. The van der Waals surface area contributed by atoms with Crippen molar-refractivity contribution in [1.82, 2.24) is 4.90 Å². The minimum Gasteiger partial charge on any atom is -0.396 e. The van der Waals surface area contributed by atoms with Crippen molar-refractivity contribution >= 4 is 0 Å². The Morgan fingerprint density at radius 1 is 1.29 bits per heavy atom. The molecular weight excluding hydrogens is 214 g/mol. The van der Waals surface area contributed by atoms with Crippen LogP contribution in [0.2, 0.25) is 0 Å². The molecule has 1 atom stereocenters. The van der Waals surface area contributed by atoms with Crippen LogP contribution < -0.4 is 0 Å². The number of hydrogen-bond donors (Lipinski definition) is 1. The summed E-state index contributed by atoms with van der Waals surface area (Å²) in [5.74, 6) is 0. The molecule has 100 valence electrons. The Morgan fingerprint density at radius 3 is 2.59 bits per heavy atom. The summed E-state index contributed by atoms with van der Waals surface area (Å²) in [4.78, 5) is 2.58. The minimum atomic E-state index is 0.0108. The molecule has 2 aliphatic rings. The normalized spacial score (nSPS) is 31.2. The van der Waals surface area contributed by atoms with Crippen molar-refractivity contribution in [1.29, 1.82) is 0 Å². The average Bonchev–Trinajstić information content (AvgIpc) is 2.91. The van der Waals surface area contributed by atoms with E-state index in [0.717, 1.165) is 45.2 Å². The van der Waals surface area contributed by atoms with Crippen LogP contribution in [0.1, 0.15) is 45.4 Å². The quantitative estimate of drug-likeness (QED) is 0.799. The van der Waals surface area contributed by atoms with E-state index in [2.05, 4.69) is 11.8 Å². The Labute approximate surface area is 105 Å². The lowest BCUT2D eigenvalue weighted by atomic mass is 9.82. The van der Waals surface area contributed by atoms with Crippen LogP contribution in [-0.4, -0.2) is 49.0 Å². The molecule has 1 unspecified atom stereocenters. The van der Waals surface area contributed by atoms with E-state index in [1.807, 2.05) is 0 Å². The summed E-state index contributed by atoms with van der Waals surface area (Å²) >= 11 is 0. The summed E-state index contributed by atoms with van der Waals surface area (Å²) in [6.45, 7) is 6.25. The summed E-state index contributed by atoms with van der Waals surface area (Å²) < 4.78 is 5.60. The monoisotopic (exact) mass is 241 g/mol. The van der Waals surface area contributed by atoms with Crippen LogP contribution in [0.3, 0.4) is 0 Å². The van der Waals surface area contributed by atoms with Gasteiger partial charge in [-0.15, -0.1) is 0 Å². The number of aliphatic hydroxyl groups is 1. The van der Waals surface area contributed by atoms with Gasteiger partial charge in [0.15, 0.2) is 0 Å². The average molecular weight is 241 g/mol. The Morgan fingerprint density at radius 2 is 2.06 bits per heavy atom. The third-order valence-corrected chi connectivity index (χ3v) is 4.53. The number of hydrogen-bond acceptors (Lipinski definition) is 3. The molecule has 0 spiro atoms. The molecule has 0 radical (unpaired) electrons. The fourth-order valence-corrected chi connectivity index (χ4v) is 3.41. The first kappa shape index (κ1) is 13.3. The summed E-state index contributed by atoms with van der Waals surface area (Å²) in [5.41, 5.74) is 0.0108. The maximum Gasteiger partial charge on any atom is 0.0556 e. The summed E-state index contributed by atoms with van der Waals surface area (Å²) in [7, 11) is 0. The van der Waals surface area contributed by atoms with Gasteiger partial charge in [0.2, 0.25) is 0 Å². The molecule has 1 saturated heterocycles. The molecule has 1 N–H and O–H groups in total. The van der Waals surface area contributed by atoms with E-state index in [-0.39, 0.29) is 12.0 Å². The van der Waals surface area contributed by atoms with E-state index in [1.165, 1.54) is 25.7 Å². The first-order valence-corrected chi connectivity index (χ1v) is 7.22. The molecule has 3 nitrogen and oxygen atoms in total. The zero-order valence-electron chi connectivity index (χ0n) is 11.2. The SMILES string of the molecule is CCN(CC1(CO)CCCOC1)C1CCCC1. The minimum absolute atomic E-state index is 0.0108. The van der Waals surface area contributed by atoms with Gasteiger partial charge in [0, 0.05) is 24.6 Å². The summed E-state index contributed by atoms with van der Waals surface area (Å²) in [6, 6.07) is 0.755. The van der Waals surface area contributed by atoms with Crippen LogP contribution in [-0.2, 0) is 4.74 Å². The molecule has 2 fully saturated rings. The van der Waals surface area contributed by atoms with Crippen LogP contribution in [0, 0.1) is 5.41 Å². The van der Waals surface area contributed by atoms with Gasteiger partial charge in [0.25, 0.3) is 0 Å². The van der Waals surface area contributed by atoms with E-state index < -0.39 is 0 Å². The fraction of sp³-hybridized carbons (Fsp3) is 1.00. The molecule has 1 aliphatic carbocycles. The lowest BCUT2D eigenvalue weighted by Crippen LogP contribution is -2.48. The Hall–Kier alpha value is -0.120. The van der Waals surface area contributed by atoms with Crippen molar-refractivity contribution in [2.75, 3.05) is 32.9 Å². The largest absolute Gasteiger partial charge is 0.396 e. The van der Waals surface area contributed by atoms with Crippen molar-refractivity contribution in [3.05, 3.63) is 0 Å². The van der Waals surface area contributed by atoms with Gasteiger partial charge in [-0.25, -0.2) is 0 Å². The highest BCUT2D eigenvalue weighted by atomic mass is 16.5. The predicted octanol–water partition coefficient (Wildman–Crippen LogP) is 2.04. The molecule has 0 aromatic rings.